The summed E-state index contributed by atoms with van der Waals surface area (Å²) in [4.78, 5) is 3.34. The lowest BCUT2D eigenvalue weighted by atomic mass is 9.89. The number of nitrogens with one attached hydrogen (secondary N) is 1. The van der Waals surface area contributed by atoms with E-state index >= 15 is 0 Å². The summed E-state index contributed by atoms with van der Waals surface area (Å²) < 4.78 is 38.7. The number of nitrogens with two attached hydrogens (primary N) is 1. The molecule has 88 valence electrons. The molecule has 3 N–H and O–H groups in total. The van der Waals surface area contributed by atoms with Gasteiger partial charge >= 0.3 is 0 Å². The minimum atomic E-state index is -3.67. The van der Waals surface area contributed by atoms with Gasteiger partial charge in [-0.25, -0.2) is 17.5 Å². The summed E-state index contributed by atoms with van der Waals surface area (Å²) in [6.45, 7) is 0. The molecule has 1 aromatic rings. The number of pyridine rings is 1. The highest BCUT2D eigenvalue weighted by Gasteiger charge is 2.30. The first-order valence-corrected chi connectivity index (χ1v) is 6.34. The van der Waals surface area contributed by atoms with E-state index in [9.17, 15) is 12.8 Å². The van der Waals surface area contributed by atoms with E-state index < -0.39 is 15.8 Å². The molecule has 0 saturated heterocycles. The number of hydrogen-bond donors (Lipinski definition) is 2. The van der Waals surface area contributed by atoms with Crippen molar-refractivity contribution in [1.82, 2.24) is 9.71 Å². The molecular weight excluding hydrogens is 233 g/mol. The number of halogens is 1. The van der Waals surface area contributed by atoms with Crippen molar-refractivity contribution in [3.05, 3.63) is 24.3 Å². The quantitative estimate of drug-likeness (QED) is 0.784. The number of aromatic nitrogens is 1. The zero-order valence-electron chi connectivity index (χ0n) is 8.43. The highest BCUT2D eigenvalue weighted by atomic mass is 32.2. The fourth-order valence-corrected chi connectivity index (χ4v) is 2.82. The van der Waals surface area contributed by atoms with Crippen molar-refractivity contribution in [1.29, 1.82) is 0 Å². The van der Waals surface area contributed by atoms with Gasteiger partial charge in [0.1, 0.15) is 10.7 Å². The van der Waals surface area contributed by atoms with Crippen molar-refractivity contribution < 1.29 is 12.8 Å². The molecule has 0 spiro atoms. The highest BCUT2D eigenvalue weighted by Crippen LogP contribution is 2.20. The van der Waals surface area contributed by atoms with Crippen LogP contribution < -0.4 is 10.5 Å². The smallest absolute Gasteiger partial charge is 0.242 e. The van der Waals surface area contributed by atoms with Crippen LogP contribution in [0.3, 0.4) is 0 Å². The van der Waals surface area contributed by atoms with Crippen LogP contribution in [0.15, 0.2) is 23.4 Å². The van der Waals surface area contributed by atoms with Gasteiger partial charge in [0.25, 0.3) is 0 Å². The monoisotopic (exact) mass is 245 g/mol. The average molecular weight is 245 g/mol. The molecule has 1 aromatic heterocycles. The third-order valence-electron chi connectivity index (χ3n) is 2.49. The van der Waals surface area contributed by atoms with E-state index in [1.54, 1.807) is 0 Å². The number of sulfonamides is 1. The van der Waals surface area contributed by atoms with Gasteiger partial charge < -0.3 is 5.73 Å². The Morgan fingerprint density at radius 2 is 2.12 bits per heavy atom. The molecule has 1 aliphatic carbocycles. The standard InChI is InChI=1S/C9H12FN3O2S/c10-6-1-9(5-12-4-6)16(14,15)13-8-2-7(11)3-8/h1,4-5,7-8,13H,2-3,11H2. The van der Waals surface area contributed by atoms with E-state index in [4.69, 9.17) is 5.73 Å². The van der Waals surface area contributed by atoms with Crippen LogP contribution >= 0.6 is 0 Å². The number of hydrogen-bond acceptors (Lipinski definition) is 4. The van der Waals surface area contributed by atoms with Gasteiger partial charge in [-0.3, -0.25) is 4.98 Å². The Balaban J connectivity index is 2.13. The van der Waals surface area contributed by atoms with Crippen LogP contribution in [-0.4, -0.2) is 25.5 Å². The largest absolute Gasteiger partial charge is 0.328 e. The molecule has 16 heavy (non-hydrogen) atoms. The SMILES string of the molecule is NC1CC(NS(=O)(=O)c2cncc(F)c2)C1. The van der Waals surface area contributed by atoms with Gasteiger partial charge in [0.15, 0.2) is 0 Å². The second-order valence-corrected chi connectivity index (χ2v) is 5.60. The summed E-state index contributed by atoms with van der Waals surface area (Å²) in [7, 11) is -3.67. The fraction of sp³-hybridized carbons (Fsp3) is 0.444. The van der Waals surface area contributed by atoms with Gasteiger partial charge in [0.05, 0.1) is 6.20 Å². The van der Waals surface area contributed by atoms with E-state index in [0.717, 1.165) is 18.5 Å². The first-order chi connectivity index (χ1) is 7.47. The summed E-state index contributed by atoms with van der Waals surface area (Å²) in [6.07, 6.45) is 3.30. The Kier molecular flexibility index (Phi) is 2.92. The average Bonchev–Trinajstić information content (AvgIpc) is 2.15. The molecule has 5 nitrogen and oxygen atoms in total. The van der Waals surface area contributed by atoms with Gasteiger partial charge in [0.2, 0.25) is 10.0 Å². The lowest BCUT2D eigenvalue weighted by Gasteiger charge is -2.32. The van der Waals surface area contributed by atoms with E-state index in [-0.39, 0.29) is 17.0 Å². The number of rotatable bonds is 3. The molecule has 1 aliphatic rings. The maximum absolute atomic E-state index is 12.8. The Labute approximate surface area is 92.9 Å². The summed E-state index contributed by atoms with van der Waals surface area (Å²) in [6, 6.07) is 0.843. The predicted octanol–water partition coefficient (Wildman–Crippen LogP) is -0.0113. The Bertz CT molecular complexity index is 485. The maximum Gasteiger partial charge on any atom is 0.242 e. The van der Waals surface area contributed by atoms with Gasteiger partial charge in [-0.1, -0.05) is 0 Å². The topological polar surface area (TPSA) is 85.1 Å². The van der Waals surface area contributed by atoms with Crippen molar-refractivity contribution in [3.8, 4) is 0 Å². The maximum atomic E-state index is 12.8. The lowest BCUT2D eigenvalue weighted by Crippen LogP contribution is -2.50. The zero-order chi connectivity index (χ0) is 11.8. The minimum Gasteiger partial charge on any atom is -0.328 e. The van der Waals surface area contributed by atoms with Gasteiger partial charge in [-0.15, -0.1) is 0 Å². The van der Waals surface area contributed by atoms with Crippen molar-refractivity contribution >= 4 is 10.0 Å². The lowest BCUT2D eigenvalue weighted by molar-refractivity contribution is 0.327. The summed E-state index contributed by atoms with van der Waals surface area (Å²) in [5.41, 5.74) is 5.54. The molecule has 0 aliphatic heterocycles. The second-order valence-electron chi connectivity index (χ2n) is 3.89. The fourth-order valence-electron chi connectivity index (χ4n) is 1.58. The Hall–Kier alpha value is -1.05. The van der Waals surface area contributed by atoms with Crippen LogP contribution in [0, 0.1) is 5.82 Å². The van der Waals surface area contributed by atoms with Crippen LogP contribution in [0.1, 0.15) is 12.8 Å². The van der Waals surface area contributed by atoms with Gasteiger partial charge in [-0.2, -0.15) is 0 Å². The third kappa shape index (κ3) is 2.37. The molecule has 0 radical (unpaired) electrons. The minimum absolute atomic E-state index is 0.0540. The van der Waals surface area contributed by atoms with Gasteiger partial charge in [0, 0.05) is 18.3 Å². The van der Waals surface area contributed by atoms with E-state index in [1.165, 1.54) is 0 Å². The Morgan fingerprint density at radius 1 is 1.44 bits per heavy atom. The van der Waals surface area contributed by atoms with Crippen LogP contribution in [0.4, 0.5) is 4.39 Å². The molecular formula is C9H12FN3O2S. The van der Waals surface area contributed by atoms with Crippen LogP contribution in [0.5, 0.6) is 0 Å². The predicted molar refractivity (Wildman–Crippen MR) is 55.5 cm³/mol. The summed E-state index contributed by atoms with van der Waals surface area (Å²) in [5, 5.41) is 0. The first kappa shape index (κ1) is 11.4. The molecule has 7 heteroatoms. The first-order valence-electron chi connectivity index (χ1n) is 4.86. The third-order valence-corrected chi connectivity index (χ3v) is 3.97. The zero-order valence-corrected chi connectivity index (χ0v) is 9.24. The van der Waals surface area contributed by atoms with Crippen molar-refractivity contribution in [2.45, 2.75) is 29.8 Å². The molecule has 1 fully saturated rings. The molecule has 0 bridgehead atoms. The van der Waals surface area contributed by atoms with Crippen LogP contribution in [0.2, 0.25) is 0 Å². The van der Waals surface area contributed by atoms with E-state index in [0.29, 0.717) is 12.8 Å². The Morgan fingerprint density at radius 3 is 2.69 bits per heavy atom. The molecule has 1 saturated carbocycles. The van der Waals surface area contributed by atoms with Crippen molar-refractivity contribution in [2.75, 3.05) is 0 Å². The van der Waals surface area contributed by atoms with Crippen molar-refractivity contribution in [3.63, 3.8) is 0 Å². The molecule has 0 amide bonds. The number of nitrogens with zero attached hydrogens (tertiary/aromatic N) is 1. The van der Waals surface area contributed by atoms with Crippen molar-refractivity contribution in [2.24, 2.45) is 5.73 Å². The molecule has 1 heterocycles. The van der Waals surface area contributed by atoms with Gasteiger partial charge in [-0.05, 0) is 18.9 Å². The second kappa shape index (κ2) is 4.08. The molecule has 2 rings (SSSR count). The normalized spacial score (nSPS) is 25.1. The summed E-state index contributed by atoms with van der Waals surface area (Å²) in [5.74, 6) is -0.673. The molecule has 0 aromatic carbocycles. The van der Waals surface area contributed by atoms with Crippen LogP contribution in [0.25, 0.3) is 0 Å². The molecule has 0 unspecified atom stereocenters. The van der Waals surface area contributed by atoms with E-state index in [2.05, 4.69) is 9.71 Å². The van der Waals surface area contributed by atoms with Crippen LogP contribution in [-0.2, 0) is 10.0 Å². The van der Waals surface area contributed by atoms with E-state index in [1.807, 2.05) is 0 Å². The highest BCUT2D eigenvalue weighted by molar-refractivity contribution is 7.89. The summed E-state index contributed by atoms with van der Waals surface area (Å²) >= 11 is 0. The molecule has 0 atom stereocenters.